The molecule has 2 aromatic carbocycles. The van der Waals surface area contributed by atoms with E-state index in [9.17, 15) is 0 Å². The van der Waals surface area contributed by atoms with Gasteiger partial charge in [0.05, 0.1) is 12.7 Å². The number of nitrogens with zero attached hydrogens (tertiary/aromatic N) is 2. The lowest BCUT2D eigenvalue weighted by Gasteiger charge is -2.15. The molecule has 1 heterocycles. The van der Waals surface area contributed by atoms with Crippen molar-refractivity contribution in [2.24, 2.45) is 5.73 Å². The molecule has 0 atom stereocenters. The average Bonchev–Trinajstić information content (AvgIpc) is 2.66. The maximum atomic E-state index is 5.97. The zero-order chi connectivity index (χ0) is 20.1. The summed E-state index contributed by atoms with van der Waals surface area (Å²) in [4.78, 5) is 8.61. The molecule has 8 heteroatoms. The van der Waals surface area contributed by atoms with Crippen molar-refractivity contribution in [3.8, 4) is 11.5 Å². The highest BCUT2D eigenvalue weighted by atomic mass is 32.1. The molecular weight excluding hydrogens is 374 g/mol. The first kappa shape index (κ1) is 19.4. The normalized spacial score (nSPS) is 10.4. The number of methoxy groups -OCH3 is 1. The van der Waals surface area contributed by atoms with Crippen LogP contribution in [0.25, 0.3) is 0 Å². The smallest absolute Gasteiger partial charge is 0.146 e. The van der Waals surface area contributed by atoms with Gasteiger partial charge in [-0.2, -0.15) is 0 Å². The monoisotopic (exact) mass is 395 g/mol. The van der Waals surface area contributed by atoms with E-state index in [0.29, 0.717) is 41.0 Å². The Hall–Kier alpha value is -3.39. The van der Waals surface area contributed by atoms with Gasteiger partial charge in [-0.05, 0) is 12.5 Å². The topological polar surface area (TPSA) is 108 Å². The number of aromatic nitrogens is 2. The number of aryl methyl sites for hydroxylation is 1. The van der Waals surface area contributed by atoms with Crippen molar-refractivity contribution in [2.45, 2.75) is 13.5 Å². The van der Waals surface area contributed by atoms with Gasteiger partial charge in [0.25, 0.3) is 0 Å². The first-order valence-electron chi connectivity index (χ1n) is 8.53. The fourth-order valence-corrected chi connectivity index (χ4v) is 2.85. The van der Waals surface area contributed by atoms with E-state index in [1.165, 1.54) is 0 Å². The van der Waals surface area contributed by atoms with Gasteiger partial charge in [0.15, 0.2) is 0 Å². The van der Waals surface area contributed by atoms with Crippen LogP contribution in [0.4, 0.5) is 17.3 Å². The van der Waals surface area contributed by atoms with Crippen LogP contribution in [0.15, 0.2) is 48.5 Å². The number of ether oxygens (including phenoxy) is 2. The van der Waals surface area contributed by atoms with Gasteiger partial charge in [-0.1, -0.05) is 42.5 Å². The predicted octanol–water partition coefficient (Wildman–Crippen LogP) is 3.33. The predicted molar refractivity (Wildman–Crippen MR) is 114 cm³/mol. The van der Waals surface area contributed by atoms with Crippen LogP contribution in [-0.2, 0) is 6.61 Å². The SMILES string of the molecule is COc1cc(Nc2nc(C)nc(N)c2C(N)=S)cc(OCc2ccccc2)c1. The van der Waals surface area contributed by atoms with E-state index in [1.54, 1.807) is 14.0 Å². The average molecular weight is 395 g/mol. The molecule has 0 fully saturated rings. The van der Waals surface area contributed by atoms with Crippen LogP contribution in [0, 0.1) is 6.92 Å². The third-order valence-electron chi connectivity index (χ3n) is 3.92. The molecule has 0 unspecified atom stereocenters. The minimum absolute atomic E-state index is 0.114. The van der Waals surface area contributed by atoms with E-state index in [4.69, 9.17) is 33.2 Å². The van der Waals surface area contributed by atoms with Gasteiger partial charge < -0.3 is 26.3 Å². The van der Waals surface area contributed by atoms with Crippen LogP contribution < -0.4 is 26.3 Å². The molecule has 28 heavy (non-hydrogen) atoms. The van der Waals surface area contributed by atoms with Gasteiger partial charge in [-0.3, -0.25) is 0 Å². The Bertz CT molecular complexity index is 995. The van der Waals surface area contributed by atoms with Gasteiger partial charge in [0.2, 0.25) is 0 Å². The second-order valence-corrected chi connectivity index (χ2v) is 6.48. The molecule has 0 spiro atoms. The van der Waals surface area contributed by atoms with Crippen molar-refractivity contribution in [3.05, 3.63) is 65.5 Å². The molecule has 1 aromatic heterocycles. The number of nitrogens with one attached hydrogen (secondary N) is 1. The molecule has 0 bridgehead atoms. The number of anilines is 3. The summed E-state index contributed by atoms with van der Waals surface area (Å²) < 4.78 is 11.3. The third-order valence-corrected chi connectivity index (χ3v) is 4.13. The van der Waals surface area contributed by atoms with Crippen molar-refractivity contribution in [1.29, 1.82) is 0 Å². The zero-order valence-corrected chi connectivity index (χ0v) is 16.4. The molecule has 0 radical (unpaired) electrons. The van der Waals surface area contributed by atoms with Crippen LogP contribution in [0.2, 0.25) is 0 Å². The molecule has 3 rings (SSSR count). The van der Waals surface area contributed by atoms with E-state index >= 15 is 0 Å². The summed E-state index contributed by atoms with van der Waals surface area (Å²) in [5.41, 5.74) is 13.9. The maximum absolute atomic E-state index is 5.97. The Morgan fingerprint density at radius 1 is 1.11 bits per heavy atom. The van der Waals surface area contributed by atoms with Crippen LogP contribution >= 0.6 is 12.2 Å². The standard InChI is InChI=1S/C20H21N5O2S/c1-12-23-18(21)17(19(22)28)20(24-12)25-14-8-15(26-2)10-16(9-14)27-11-13-6-4-3-5-7-13/h3-10H,11H2,1-2H3,(H2,22,28)(H3,21,23,24,25). The Kier molecular flexibility index (Phi) is 5.90. The Morgan fingerprint density at radius 2 is 1.82 bits per heavy atom. The summed E-state index contributed by atoms with van der Waals surface area (Å²) >= 11 is 5.10. The Morgan fingerprint density at radius 3 is 2.50 bits per heavy atom. The van der Waals surface area contributed by atoms with Crippen LogP contribution in [-0.4, -0.2) is 22.1 Å². The first-order chi connectivity index (χ1) is 13.5. The van der Waals surface area contributed by atoms with Crippen LogP contribution in [0.3, 0.4) is 0 Å². The fourth-order valence-electron chi connectivity index (χ4n) is 2.65. The molecule has 7 nitrogen and oxygen atoms in total. The van der Waals surface area contributed by atoms with Gasteiger partial charge >= 0.3 is 0 Å². The number of rotatable bonds is 7. The van der Waals surface area contributed by atoms with Crippen molar-refractivity contribution >= 4 is 34.5 Å². The summed E-state index contributed by atoms with van der Waals surface area (Å²) in [5.74, 6) is 2.43. The Balaban J connectivity index is 1.89. The summed E-state index contributed by atoms with van der Waals surface area (Å²) in [7, 11) is 1.59. The van der Waals surface area contributed by atoms with Crippen molar-refractivity contribution in [1.82, 2.24) is 9.97 Å². The summed E-state index contributed by atoms with van der Waals surface area (Å²) in [6.45, 7) is 2.18. The van der Waals surface area contributed by atoms with Crippen molar-refractivity contribution in [2.75, 3.05) is 18.2 Å². The van der Waals surface area contributed by atoms with Crippen molar-refractivity contribution < 1.29 is 9.47 Å². The largest absolute Gasteiger partial charge is 0.497 e. The van der Waals surface area contributed by atoms with E-state index in [2.05, 4.69) is 15.3 Å². The minimum atomic E-state index is 0.114. The highest BCUT2D eigenvalue weighted by molar-refractivity contribution is 7.80. The van der Waals surface area contributed by atoms with Crippen LogP contribution in [0.1, 0.15) is 17.0 Å². The number of nitrogen functional groups attached to an aromatic ring is 1. The second-order valence-electron chi connectivity index (χ2n) is 6.04. The molecule has 0 saturated carbocycles. The number of hydrogen-bond acceptors (Lipinski definition) is 7. The third kappa shape index (κ3) is 4.66. The highest BCUT2D eigenvalue weighted by Gasteiger charge is 2.15. The van der Waals surface area contributed by atoms with Gasteiger partial charge in [0.1, 0.15) is 40.6 Å². The van der Waals surface area contributed by atoms with E-state index in [-0.39, 0.29) is 10.8 Å². The molecular formula is C20H21N5O2S. The van der Waals surface area contributed by atoms with Crippen molar-refractivity contribution in [3.63, 3.8) is 0 Å². The summed E-state index contributed by atoms with van der Waals surface area (Å²) in [5, 5.41) is 3.19. The fraction of sp³-hybridized carbons (Fsp3) is 0.150. The van der Waals surface area contributed by atoms with E-state index < -0.39 is 0 Å². The number of benzene rings is 2. The summed E-state index contributed by atoms with van der Waals surface area (Å²) in [6, 6.07) is 15.4. The van der Waals surface area contributed by atoms with Gasteiger partial charge in [-0.15, -0.1) is 0 Å². The van der Waals surface area contributed by atoms with E-state index in [1.807, 2.05) is 48.5 Å². The quantitative estimate of drug-likeness (QED) is 0.523. The van der Waals surface area contributed by atoms with Crippen LogP contribution in [0.5, 0.6) is 11.5 Å². The zero-order valence-electron chi connectivity index (χ0n) is 15.6. The minimum Gasteiger partial charge on any atom is -0.497 e. The molecule has 3 aromatic rings. The maximum Gasteiger partial charge on any atom is 0.146 e. The summed E-state index contributed by atoms with van der Waals surface area (Å²) in [6.07, 6.45) is 0. The Labute approximate surface area is 168 Å². The highest BCUT2D eigenvalue weighted by Crippen LogP contribution is 2.30. The lowest BCUT2D eigenvalue weighted by atomic mass is 10.2. The lowest BCUT2D eigenvalue weighted by Crippen LogP contribution is -2.17. The molecule has 0 amide bonds. The molecule has 0 aliphatic heterocycles. The molecule has 144 valence electrons. The van der Waals surface area contributed by atoms with Gasteiger partial charge in [0, 0.05) is 23.9 Å². The second kappa shape index (κ2) is 8.53. The van der Waals surface area contributed by atoms with Gasteiger partial charge in [-0.25, -0.2) is 9.97 Å². The number of nitrogens with two attached hydrogens (primary N) is 2. The lowest BCUT2D eigenvalue weighted by molar-refractivity contribution is 0.304. The number of thiocarbonyl (C=S) groups is 1. The molecule has 5 N–H and O–H groups in total. The molecule has 0 aliphatic carbocycles. The first-order valence-corrected chi connectivity index (χ1v) is 8.94. The molecule has 0 aliphatic rings. The van der Waals surface area contributed by atoms with E-state index in [0.717, 1.165) is 5.56 Å². The molecule has 0 saturated heterocycles. The number of hydrogen-bond donors (Lipinski definition) is 3.